The number of amides is 1. The first-order valence-corrected chi connectivity index (χ1v) is 8.48. The predicted molar refractivity (Wildman–Crippen MR) is 88.7 cm³/mol. The Hall–Kier alpha value is -2.06. The summed E-state index contributed by atoms with van der Waals surface area (Å²) in [5.41, 5.74) is 2.05. The van der Waals surface area contributed by atoms with E-state index in [1.807, 2.05) is 13.0 Å². The minimum atomic E-state index is -0.253. The molecule has 1 unspecified atom stereocenters. The van der Waals surface area contributed by atoms with E-state index in [2.05, 4.69) is 25.4 Å². The highest BCUT2D eigenvalue weighted by Gasteiger charge is 2.23. The Bertz CT molecular complexity index is 636. The Labute approximate surface area is 138 Å². The number of anilines is 2. The maximum absolute atomic E-state index is 12.1. The fraction of sp³-hybridized carbons (Fsp3) is 0.467. The molecule has 8 heteroatoms. The Morgan fingerprint density at radius 2 is 2.22 bits per heavy atom. The quantitative estimate of drug-likeness (QED) is 0.886. The summed E-state index contributed by atoms with van der Waals surface area (Å²) < 4.78 is 0. The third-order valence-corrected chi connectivity index (χ3v) is 4.74. The number of hydrogen-bond donors (Lipinski definition) is 2. The van der Waals surface area contributed by atoms with Crippen molar-refractivity contribution in [1.29, 1.82) is 0 Å². The molecule has 1 amide bonds. The molecular formula is C15H19N5O2S. The Kier molecular flexibility index (Phi) is 4.82. The van der Waals surface area contributed by atoms with Crippen molar-refractivity contribution in [3.63, 3.8) is 0 Å². The predicted octanol–water partition coefficient (Wildman–Crippen LogP) is 1.78. The average Bonchev–Trinajstić information content (AvgIpc) is 3.08. The van der Waals surface area contributed by atoms with Gasteiger partial charge in [0.05, 0.1) is 11.7 Å². The first kappa shape index (κ1) is 15.8. The molecule has 0 aromatic carbocycles. The minimum absolute atomic E-state index is 0.242. The molecule has 3 heterocycles. The molecule has 1 atom stereocenters. The van der Waals surface area contributed by atoms with Crippen LogP contribution in [0.2, 0.25) is 0 Å². The zero-order valence-corrected chi connectivity index (χ0v) is 13.7. The van der Waals surface area contributed by atoms with Gasteiger partial charge in [0, 0.05) is 19.3 Å². The molecule has 2 N–H and O–H groups in total. The van der Waals surface area contributed by atoms with E-state index >= 15 is 0 Å². The highest BCUT2D eigenvalue weighted by Crippen LogP contribution is 2.24. The molecule has 3 rings (SSSR count). The van der Waals surface area contributed by atoms with Gasteiger partial charge in [-0.3, -0.25) is 10.1 Å². The number of aliphatic hydroxyl groups excluding tert-OH is 1. The van der Waals surface area contributed by atoms with E-state index in [1.165, 1.54) is 11.3 Å². The van der Waals surface area contributed by atoms with Gasteiger partial charge in [-0.05, 0) is 37.8 Å². The standard InChI is InChI=1S/C15H19N5O2S/c1-10(21)11-4-6-20(7-5-11)13-3-2-12(8-16-13)14(22)18-15-19-17-9-23-15/h2-3,8-11,21H,4-7H2,1H3,(H,18,19,22). The van der Waals surface area contributed by atoms with Gasteiger partial charge >= 0.3 is 0 Å². The van der Waals surface area contributed by atoms with E-state index in [0.717, 1.165) is 31.7 Å². The third kappa shape index (κ3) is 3.83. The Morgan fingerprint density at radius 1 is 1.43 bits per heavy atom. The summed E-state index contributed by atoms with van der Waals surface area (Å²) in [7, 11) is 0. The van der Waals surface area contributed by atoms with Crippen LogP contribution < -0.4 is 10.2 Å². The van der Waals surface area contributed by atoms with Crippen molar-refractivity contribution in [2.75, 3.05) is 23.3 Å². The summed E-state index contributed by atoms with van der Waals surface area (Å²) >= 11 is 1.27. The number of pyridine rings is 1. The Morgan fingerprint density at radius 3 is 2.78 bits per heavy atom. The van der Waals surface area contributed by atoms with Gasteiger partial charge < -0.3 is 10.0 Å². The maximum Gasteiger partial charge on any atom is 0.259 e. The molecule has 0 radical (unpaired) electrons. The highest BCUT2D eigenvalue weighted by molar-refractivity contribution is 7.13. The van der Waals surface area contributed by atoms with Crippen LogP contribution in [0.1, 0.15) is 30.1 Å². The van der Waals surface area contributed by atoms with Crippen LogP contribution in [0.4, 0.5) is 10.9 Å². The lowest BCUT2D eigenvalue weighted by atomic mass is 9.92. The van der Waals surface area contributed by atoms with E-state index in [9.17, 15) is 9.90 Å². The molecule has 7 nitrogen and oxygen atoms in total. The first-order valence-electron chi connectivity index (χ1n) is 7.60. The maximum atomic E-state index is 12.1. The fourth-order valence-corrected chi connectivity index (χ4v) is 3.16. The zero-order valence-electron chi connectivity index (χ0n) is 12.8. The summed E-state index contributed by atoms with van der Waals surface area (Å²) in [5.74, 6) is 0.985. The van der Waals surface area contributed by atoms with E-state index in [4.69, 9.17) is 0 Å². The van der Waals surface area contributed by atoms with Crippen molar-refractivity contribution in [1.82, 2.24) is 15.2 Å². The second-order valence-electron chi connectivity index (χ2n) is 5.67. The second kappa shape index (κ2) is 7.01. The molecule has 0 spiro atoms. The smallest absolute Gasteiger partial charge is 0.259 e. The zero-order chi connectivity index (χ0) is 16.2. The van der Waals surface area contributed by atoms with Crippen LogP contribution >= 0.6 is 11.3 Å². The molecule has 23 heavy (non-hydrogen) atoms. The van der Waals surface area contributed by atoms with E-state index < -0.39 is 0 Å². The van der Waals surface area contributed by atoms with Gasteiger partial charge in [0.15, 0.2) is 0 Å². The van der Waals surface area contributed by atoms with Crippen molar-refractivity contribution in [3.8, 4) is 0 Å². The van der Waals surface area contributed by atoms with Gasteiger partial charge in [0.1, 0.15) is 11.3 Å². The molecule has 0 saturated carbocycles. The number of rotatable bonds is 4. The van der Waals surface area contributed by atoms with Crippen LogP contribution in [0, 0.1) is 5.92 Å². The van der Waals surface area contributed by atoms with Gasteiger partial charge in [0.2, 0.25) is 5.13 Å². The molecule has 1 saturated heterocycles. The van der Waals surface area contributed by atoms with Crippen LogP contribution in [-0.4, -0.2) is 45.4 Å². The number of piperidine rings is 1. The van der Waals surface area contributed by atoms with Gasteiger partial charge in [-0.25, -0.2) is 4.98 Å². The van der Waals surface area contributed by atoms with E-state index in [1.54, 1.807) is 17.8 Å². The summed E-state index contributed by atoms with van der Waals surface area (Å²) in [6.07, 6.45) is 3.24. The van der Waals surface area contributed by atoms with Gasteiger partial charge in [-0.2, -0.15) is 0 Å². The molecule has 2 aromatic rings. The Balaban J connectivity index is 1.60. The van der Waals surface area contributed by atoms with Crippen LogP contribution in [0.5, 0.6) is 0 Å². The number of aliphatic hydroxyl groups is 1. The van der Waals surface area contributed by atoms with Gasteiger partial charge in [-0.1, -0.05) is 11.3 Å². The van der Waals surface area contributed by atoms with Crippen molar-refractivity contribution in [3.05, 3.63) is 29.4 Å². The molecule has 122 valence electrons. The molecule has 1 aliphatic rings. The normalized spacial score (nSPS) is 17.0. The molecule has 2 aromatic heterocycles. The number of carbonyl (C=O) groups is 1. The molecule has 1 fully saturated rings. The van der Waals surface area contributed by atoms with Crippen LogP contribution in [0.3, 0.4) is 0 Å². The third-order valence-electron chi connectivity index (χ3n) is 4.14. The second-order valence-corrected chi connectivity index (χ2v) is 6.50. The summed E-state index contributed by atoms with van der Waals surface area (Å²) in [4.78, 5) is 18.6. The van der Waals surface area contributed by atoms with Crippen molar-refractivity contribution < 1.29 is 9.90 Å². The lowest BCUT2D eigenvalue weighted by molar-refractivity contribution is 0.102. The number of aromatic nitrogens is 3. The van der Waals surface area contributed by atoms with Crippen molar-refractivity contribution in [2.45, 2.75) is 25.9 Å². The van der Waals surface area contributed by atoms with Crippen LogP contribution in [-0.2, 0) is 0 Å². The van der Waals surface area contributed by atoms with E-state index in [0.29, 0.717) is 16.6 Å². The first-order chi connectivity index (χ1) is 11.1. The number of nitrogens with zero attached hydrogens (tertiary/aromatic N) is 4. The number of nitrogens with one attached hydrogen (secondary N) is 1. The molecular weight excluding hydrogens is 314 g/mol. The average molecular weight is 333 g/mol. The minimum Gasteiger partial charge on any atom is -0.393 e. The topological polar surface area (TPSA) is 91.2 Å². The lowest BCUT2D eigenvalue weighted by Gasteiger charge is -2.34. The van der Waals surface area contributed by atoms with Gasteiger partial charge in [-0.15, -0.1) is 10.2 Å². The SMILES string of the molecule is CC(O)C1CCN(c2ccc(C(=O)Nc3nncs3)cn2)CC1. The molecule has 0 bridgehead atoms. The van der Waals surface area contributed by atoms with Crippen LogP contribution in [0.15, 0.2) is 23.8 Å². The monoisotopic (exact) mass is 333 g/mol. The largest absolute Gasteiger partial charge is 0.393 e. The van der Waals surface area contributed by atoms with Crippen molar-refractivity contribution in [2.24, 2.45) is 5.92 Å². The summed E-state index contributed by atoms with van der Waals surface area (Å²) in [6, 6.07) is 3.62. The summed E-state index contributed by atoms with van der Waals surface area (Å²) in [6.45, 7) is 3.60. The fourth-order valence-electron chi connectivity index (χ4n) is 2.72. The molecule has 1 aliphatic heterocycles. The summed E-state index contributed by atoms with van der Waals surface area (Å²) in [5, 5.41) is 20.3. The van der Waals surface area contributed by atoms with Gasteiger partial charge in [0.25, 0.3) is 5.91 Å². The number of carbonyl (C=O) groups excluding carboxylic acids is 1. The van der Waals surface area contributed by atoms with Crippen molar-refractivity contribution >= 4 is 28.2 Å². The number of hydrogen-bond acceptors (Lipinski definition) is 7. The van der Waals surface area contributed by atoms with Crippen LogP contribution in [0.25, 0.3) is 0 Å². The molecule has 0 aliphatic carbocycles. The lowest BCUT2D eigenvalue weighted by Crippen LogP contribution is -2.37. The van der Waals surface area contributed by atoms with E-state index in [-0.39, 0.29) is 12.0 Å². The highest BCUT2D eigenvalue weighted by atomic mass is 32.1.